The van der Waals surface area contributed by atoms with Crippen molar-refractivity contribution in [2.75, 3.05) is 33.4 Å². The van der Waals surface area contributed by atoms with Crippen LogP contribution in [0.3, 0.4) is 0 Å². The Morgan fingerprint density at radius 2 is 1.95 bits per heavy atom. The van der Waals surface area contributed by atoms with Crippen LogP contribution in [0.1, 0.15) is 16.1 Å². The maximum atomic E-state index is 13.8. The number of primary amides is 1. The number of carbonyl (C=O) groups excluding carboxylic acids is 1. The Morgan fingerprint density at radius 3 is 2.72 bits per heavy atom. The van der Waals surface area contributed by atoms with E-state index in [0.717, 1.165) is 22.4 Å². The number of nitrogens with zero attached hydrogens (tertiary/aromatic N) is 1. The summed E-state index contributed by atoms with van der Waals surface area (Å²) < 4.78 is 46.2. The van der Waals surface area contributed by atoms with E-state index in [9.17, 15) is 13.2 Å². The number of carbonyl (C=O) groups is 1. The molecule has 11 heteroatoms. The van der Waals surface area contributed by atoms with E-state index < -0.39 is 22.0 Å². The molecule has 0 radical (unpaired) electrons. The highest BCUT2D eigenvalue weighted by Gasteiger charge is 2.36. The van der Waals surface area contributed by atoms with Gasteiger partial charge in [0.25, 0.3) is 5.91 Å². The van der Waals surface area contributed by atoms with Gasteiger partial charge in [0.2, 0.25) is 10.0 Å². The minimum atomic E-state index is -4.12. The highest BCUT2D eigenvalue weighted by atomic mass is 35.5. The van der Waals surface area contributed by atoms with Gasteiger partial charge in [-0.15, -0.1) is 0 Å². The standard InChI is InChI=1S/C28H28ClN3O6S/c1-17-7-9-19(14-22(17)21-5-3-4-6-25(21)36-2)38-16-20-15-32(11-12-37-20)39(34,35)27-23-13-18(29)8-10-24(23)31-26(27)28(30)33/h3-10,13-14,20,31H,11-12,15-16H2,1-2H3,(H2,30,33). The van der Waals surface area contributed by atoms with E-state index in [2.05, 4.69) is 4.98 Å². The number of ether oxygens (including phenoxy) is 3. The average Bonchev–Trinajstić information content (AvgIpc) is 3.33. The molecule has 1 atom stereocenters. The first-order valence-electron chi connectivity index (χ1n) is 12.3. The molecule has 2 heterocycles. The van der Waals surface area contributed by atoms with Gasteiger partial charge in [-0.1, -0.05) is 35.9 Å². The van der Waals surface area contributed by atoms with Crippen LogP contribution in [0.4, 0.5) is 0 Å². The Kier molecular flexibility index (Phi) is 7.55. The van der Waals surface area contributed by atoms with Crippen LogP contribution >= 0.6 is 11.6 Å². The summed E-state index contributed by atoms with van der Waals surface area (Å²) in [5.74, 6) is 0.495. The summed E-state index contributed by atoms with van der Waals surface area (Å²) in [5.41, 5.74) is 8.76. The van der Waals surface area contributed by atoms with Gasteiger partial charge in [-0.2, -0.15) is 4.31 Å². The van der Waals surface area contributed by atoms with Crippen LogP contribution in [0.25, 0.3) is 22.0 Å². The minimum Gasteiger partial charge on any atom is -0.496 e. The molecule has 0 aliphatic carbocycles. The number of amides is 1. The number of H-pyrrole nitrogens is 1. The summed E-state index contributed by atoms with van der Waals surface area (Å²) in [6, 6.07) is 18.2. The van der Waals surface area contributed by atoms with Gasteiger partial charge >= 0.3 is 0 Å². The van der Waals surface area contributed by atoms with Crippen LogP contribution in [0, 0.1) is 6.92 Å². The number of aromatic nitrogens is 1. The molecule has 39 heavy (non-hydrogen) atoms. The molecule has 0 saturated carbocycles. The monoisotopic (exact) mass is 569 g/mol. The van der Waals surface area contributed by atoms with Crippen molar-refractivity contribution >= 4 is 38.4 Å². The number of hydrogen-bond donors (Lipinski definition) is 2. The quantitative estimate of drug-likeness (QED) is 0.325. The topological polar surface area (TPSA) is 124 Å². The Labute approximate surface area is 231 Å². The van der Waals surface area contributed by atoms with Gasteiger partial charge in [0, 0.05) is 34.6 Å². The number of hydrogen-bond acceptors (Lipinski definition) is 6. The fourth-order valence-corrected chi connectivity index (χ4v) is 6.72. The SMILES string of the molecule is COc1ccccc1-c1cc(OCC2CN(S(=O)(=O)c3c(C(N)=O)[nH]c4ccc(Cl)cc34)CCO2)ccc1C. The van der Waals surface area contributed by atoms with Crippen LogP contribution in [-0.2, 0) is 14.8 Å². The number of rotatable bonds is 8. The molecule has 1 aliphatic rings. The molecule has 3 N–H and O–H groups in total. The van der Waals surface area contributed by atoms with Crippen molar-refractivity contribution in [1.29, 1.82) is 0 Å². The first kappa shape index (κ1) is 27.0. The van der Waals surface area contributed by atoms with E-state index in [4.69, 9.17) is 31.5 Å². The molecule has 204 valence electrons. The summed E-state index contributed by atoms with van der Waals surface area (Å²) in [4.78, 5) is 14.8. The molecule has 0 bridgehead atoms. The third-order valence-electron chi connectivity index (χ3n) is 6.70. The molecule has 3 aromatic carbocycles. The van der Waals surface area contributed by atoms with Crippen LogP contribution in [0.15, 0.2) is 65.6 Å². The third-order valence-corrected chi connectivity index (χ3v) is 8.89. The van der Waals surface area contributed by atoms with Gasteiger partial charge in [-0.25, -0.2) is 8.42 Å². The maximum absolute atomic E-state index is 13.8. The number of para-hydroxylation sites is 1. The van der Waals surface area contributed by atoms with Gasteiger partial charge in [-0.05, 0) is 54.4 Å². The molecule has 5 rings (SSSR count). The number of halogens is 1. The predicted molar refractivity (Wildman–Crippen MR) is 149 cm³/mol. The Hall–Kier alpha value is -3.57. The van der Waals surface area contributed by atoms with Crippen LogP contribution in [0.5, 0.6) is 11.5 Å². The molecule has 1 aliphatic heterocycles. The van der Waals surface area contributed by atoms with Gasteiger partial charge in [-0.3, -0.25) is 4.79 Å². The van der Waals surface area contributed by atoms with Gasteiger partial charge in [0.05, 0.1) is 13.7 Å². The molecule has 1 aromatic heterocycles. The molecule has 1 saturated heterocycles. The number of sulfonamides is 1. The molecule has 1 unspecified atom stereocenters. The first-order chi connectivity index (χ1) is 18.7. The molecule has 1 amide bonds. The zero-order valence-corrected chi connectivity index (χ0v) is 23.0. The number of aryl methyl sites for hydroxylation is 1. The van der Waals surface area contributed by atoms with E-state index in [1.165, 1.54) is 10.4 Å². The van der Waals surface area contributed by atoms with Crippen molar-refractivity contribution in [1.82, 2.24) is 9.29 Å². The van der Waals surface area contributed by atoms with E-state index in [0.29, 0.717) is 21.7 Å². The molecular weight excluding hydrogens is 542 g/mol. The molecule has 0 spiro atoms. The summed E-state index contributed by atoms with van der Waals surface area (Å²) in [5, 5.41) is 0.645. The zero-order valence-electron chi connectivity index (χ0n) is 21.4. The summed E-state index contributed by atoms with van der Waals surface area (Å²) in [6.45, 7) is 2.47. The van der Waals surface area contributed by atoms with Crippen molar-refractivity contribution in [3.63, 3.8) is 0 Å². The van der Waals surface area contributed by atoms with E-state index in [1.54, 1.807) is 19.2 Å². The fourth-order valence-electron chi connectivity index (χ4n) is 4.76. The summed E-state index contributed by atoms with van der Waals surface area (Å²) >= 11 is 6.13. The van der Waals surface area contributed by atoms with Gasteiger partial charge < -0.3 is 24.9 Å². The normalized spacial score (nSPS) is 16.3. The van der Waals surface area contributed by atoms with Gasteiger partial charge in [0.15, 0.2) is 0 Å². The molecule has 9 nitrogen and oxygen atoms in total. The number of nitrogens with two attached hydrogens (primary N) is 1. The number of morpholine rings is 1. The summed E-state index contributed by atoms with van der Waals surface area (Å²) in [7, 11) is -2.49. The Morgan fingerprint density at radius 1 is 1.15 bits per heavy atom. The van der Waals surface area contributed by atoms with Crippen molar-refractivity contribution in [3.8, 4) is 22.6 Å². The zero-order chi connectivity index (χ0) is 27.7. The first-order valence-corrected chi connectivity index (χ1v) is 14.1. The lowest BCUT2D eigenvalue weighted by molar-refractivity contribution is -0.0249. The second-order valence-electron chi connectivity index (χ2n) is 9.23. The second kappa shape index (κ2) is 10.9. The Bertz CT molecular complexity index is 1650. The molecule has 4 aromatic rings. The third kappa shape index (κ3) is 5.33. The number of aromatic amines is 1. The number of nitrogens with one attached hydrogen (secondary N) is 1. The van der Waals surface area contributed by atoms with Crippen LogP contribution in [0.2, 0.25) is 5.02 Å². The highest BCUT2D eigenvalue weighted by Crippen LogP contribution is 2.35. The maximum Gasteiger partial charge on any atom is 0.266 e. The number of fused-ring (bicyclic) bond motifs is 1. The van der Waals surface area contributed by atoms with Crippen molar-refractivity contribution in [2.45, 2.75) is 17.9 Å². The van der Waals surface area contributed by atoms with Crippen LogP contribution < -0.4 is 15.2 Å². The van der Waals surface area contributed by atoms with Crippen LogP contribution in [-0.4, -0.2) is 63.1 Å². The lowest BCUT2D eigenvalue weighted by Gasteiger charge is -2.32. The van der Waals surface area contributed by atoms with E-state index in [-0.39, 0.29) is 36.9 Å². The highest BCUT2D eigenvalue weighted by molar-refractivity contribution is 7.89. The summed E-state index contributed by atoms with van der Waals surface area (Å²) in [6.07, 6.45) is -0.532. The molecule has 1 fully saturated rings. The largest absolute Gasteiger partial charge is 0.496 e. The lowest BCUT2D eigenvalue weighted by atomic mass is 9.99. The van der Waals surface area contributed by atoms with E-state index >= 15 is 0 Å². The van der Waals surface area contributed by atoms with Gasteiger partial charge in [0.1, 0.15) is 34.8 Å². The smallest absolute Gasteiger partial charge is 0.266 e. The number of methoxy groups -OCH3 is 1. The Balaban J connectivity index is 1.36. The van der Waals surface area contributed by atoms with E-state index in [1.807, 2.05) is 49.4 Å². The predicted octanol–water partition coefficient (Wildman–Crippen LogP) is 4.37. The van der Waals surface area contributed by atoms with Crippen molar-refractivity contribution < 1.29 is 27.4 Å². The fraction of sp³-hybridized carbons (Fsp3) is 0.250. The minimum absolute atomic E-state index is 0.0407. The van der Waals surface area contributed by atoms with Crippen molar-refractivity contribution in [3.05, 3.63) is 76.9 Å². The molecular formula is C28H28ClN3O6S. The second-order valence-corrected chi connectivity index (χ2v) is 11.5. The number of benzene rings is 3. The van der Waals surface area contributed by atoms with Crippen molar-refractivity contribution in [2.24, 2.45) is 5.73 Å². The lowest BCUT2D eigenvalue weighted by Crippen LogP contribution is -2.47. The average molecular weight is 570 g/mol.